The zero-order chi connectivity index (χ0) is 6.62. The van der Waals surface area contributed by atoms with Gasteiger partial charge in [-0.25, -0.2) is 0 Å². The molecule has 0 amide bonds. The quantitative estimate of drug-likeness (QED) is 0.562. The van der Waals surface area contributed by atoms with E-state index in [0.29, 0.717) is 5.75 Å². The molecular formula is C3H7CoO2PS2. The fraction of sp³-hybridized carbons (Fsp3) is 0.333. The van der Waals surface area contributed by atoms with Crippen molar-refractivity contribution in [3.05, 3.63) is 12.7 Å². The summed E-state index contributed by atoms with van der Waals surface area (Å²) in [6, 6.07) is 0. The number of hydrogen-bond donors (Lipinski definition) is 2. The Morgan fingerprint density at radius 3 is 2.22 bits per heavy atom. The van der Waals surface area contributed by atoms with E-state index in [-0.39, 0.29) is 16.8 Å². The summed E-state index contributed by atoms with van der Waals surface area (Å²) in [4.78, 5) is 17.1. The molecule has 0 saturated heterocycles. The van der Waals surface area contributed by atoms with Gasteiger partial charge < -0.3 is 9.79 Å². The van der Waals surface area contributed by atoms with Crippen LogP contribution in [0.1, 0.15) is 0 Å². The fourth-order valence-electron chi connectivity index (χ4n) is 0.150. The van der Waals surface area contributed by atoms with Gasteiger partial charge in [-0.3, -0.25) is 0 Å². The van der Waals surface area contributed by atoms with Gasteiger partial charge in [0.25, 0.3) is 0 Å². The molecular weight excluding hydrogens is 222 g/mol. The Balaban J connectivity index is 0. The molecule has 0 rings (SSSR count). The molecule has 0 aliphatic carbocycles. The molecule has 0 saturated carbocycles. The van der Waals surface area contributed by atoms with Gasteiger partial charge in [-0.05, 0) is 11.8 Å². The monoisotopic (exact) mass is 229 g/mol. The average Bonchev–Trinajstić information content (AvgIpc) is 1.59. The Morgan fingerprint density at radius 2 is 2.11 bits per heavy atom. The van der Waals surface area contributed by atoms with Crippen molar-refractivity contribution < 1.29 is 26.6 Å². The first-order valence-corrected chi connectivity index (χ1v) is 6.17. The minimum absolute atomic E-state index is 0. The van der Waals surface area contributed by atoms with Crippen molar-refractivity contribution in [1.82, 2.24) is 0 Å². The van der Waals surface area contributed by atoms with E-state index in [1.165, 1.54) is 0 Å². The molecule has 0 heterocycles. The summed E-state index contributed by atoms with van der Waals surface area (Å²) in [5.41, 5.74) is -3.00. The van der Waals surface area contributed by atoms with Crippen molar-refractivity contribution in [3.63, 3.8) is 0 Å². The predicted octanol–water partition coefficient (Wildman–Crippen LogP) is 1.11. The van der Waals surface area contributed by atoms with Crippen LogP contribution in [0, 0.1) is 0 Å². The second kappa shape index (κ2) is 5.91. The topological polar surface area (TPSA) is 40.5 Å². The molecule has 0 aromatic carbocycles. The smallest absolute Gasteiger partial charge is 0.242 e. The first-order chi connectivity index (χ1) is 3.56. The molecule has 0 fully saturated rings. The maximum Gasteiger partial charge on any atom is 0.242 e. The largest absolute Gasteiger partial charge is 0.338 e. The van der Waals surface area contributed by atoms with Crippen molar-refractivity contribution in [2.45, 2.75) is 0 Å². The minimum atomic E-state index is -3.00. The molecule has 9 heavy (non-hydrogen) atoms. The van der Waals surface area contributed by atoms with Crippen LogP contribution in [0.15, 0.2) is 12.7 Å². The van der Waals surface area contributed by atoms with Gasteiger partial charge in [0.05, 0.1) is 0 Å². The van der Waals surface area contributed by atoms with E-state index in [0.717, 1.165) is 11.4 Å². The molecule has 57 valence electrons. The maximum atomic E-state index is 8.55. The summed E-state index contributed by atoms with van der Waals surface area (Å²) < 4.78 is 0. The first-order valence-electron chi connectivity index (χ1n) is 1.87. The third-order valence-electron chi connectivity index (χ3n) is 0.361. The molecule has 0 aliphatic heterocycles. The second-order valence-electron chi connectivity index (χ2n) is 1.08. The molecule has 0 aromatic heterocycles. The van der Waals surface area contributed by atoms with Crippen molar-refractivity contribution in [3.8, 4) is 0 Å². The van der Waals surface area contributed by atoms with Crippen LogP contribution in [0.2, 0.25) is 0 Å². The summed E-state index contributed by atoms with van der Waals surface area (Å²) in [6.07, 6.45) is 1.58. The second-order valence-corrected chi connectivity index (χ2v) is 7.17. The standard InChI is InChI=1S/C3H7O2PS2.Co/c1-2-3-8-6(4,5)7;/h2H,1,3H2,(H2,4,5,7);. The van der Waals surface area contributed by atoms with Gasteiger partial charge in [0, 0.05) is 22.5 Å². The molecule has 2 nitrogen and oxygen atoms in total. The van der Waals surface area contributed by atoms with E-state index in [9.17, 15) is 0 Å². The zero-order valence-corrected chi connectivity index (χ0v) is 8.05. The van der Waals surface area contributed by atoms with Crippen LogP contribution >= 0.6 is 17.1 Å². The van der Waals surface area contributed by atoms with E-state index in [1.54, 1.807) is 6.08 Å². The van der Waals surface area contributed by atoms with Gasteiger partial charge in [0.2, 0.25) is 5.69 Å². The van der Waals surface area contributed by atoms with Crippen molar-refractivity contribution in [1.29, 1.82) is 0 Å². The van der Waals surface area contributed by atoms with E-state index in [4.69, 9.17) is 9.79 Å². The normalized spacial score (nSPS) is 10.0. The van der Waals surface area contributed by atoms with Crippen LogP contribution in [0.5, 0.6) is 0 Å². The Labute approximate surface area is 73.9 Å². The Hall–Kier alpha value is 1.17. The molecule has 6 heteroatoms. The average molecular weight is 229 g/mol. The van der Waals surface area contributed by atoms with Crippen molar-refractivity contribution >= 4 is 28.9 Å². The van der Waals surface area contributed by atoms with Crippen LogP contribution < -0.4 is 0 Å². The Kier molecular flexibility index (Phi) is 8.42. The van der Waals surface area contributed by atoms with Crippen molar-refractivity contribution in [2.75, 3.05) is 5.75 Å². The van der Waals surface area contributed by atoms with Gasteiger partial charge in [-0.15, -0.1) is 6.58 Å². The van der Waals surface area contributed by atoms with Gasteiger partial charge >= 0.3 is 0 Å². The Morgan fingerprint density at radius 1 is 1.67 bits per heavy atom. The van der Waals surface area contributed by atoms with Gasteiger partial charge in [0.15, 0.2) is 0 Å². The van der Waals surface area contributed by atoms with Crippen LogP contribution in [-0.4, -0.2) is 15.5 Å². The molecule has 0 aliphatic rings. The zero-order valence-electron chi connectivity index (χ0n) is 4.48. The molecule has 2 N–H and O–H groups in total. The van der Waals surface area contributed by atoms with Crippen LogP contribution in [0.3, 0.4) is 0 Å². The molecule has 0 aromatic rings. The van der Waals surface area contributed by atoms with E-state index in [2.05, 4.69) is 18.4 Å². The first kappa shape index (κ1) is 12.8. The van der Waals surface area contributed by atoms with Gasteiger partial charge in [-0.1, -0.05) is 17.5 Å². The van der Waals surface area contributed by atoms with E-state index in [1.807, 2.05) is 0 Å². The third-order valence-corrected chi connectivity index (χ3v) is 3.49. The summed E-state index contributed by atoms with van der Waals surface area (Å²) in [5.74, 6) is 0.504. The van der Waals surface area contributed by atoms with E-state index < -0.39 is 5.69 Å². The Bertz CT molecular complexity index is 123. The summed E-state index contributed by atoms with van der Waals surface area (Å²) in [6.45, 7) is 3.39. The molecule has 0 unspecified atom stereocenters. The van der Waals surface area contributed by atoms with Crippen LogP contribution in [-0.2, 0) is 28.6 Å². The predicted molar refractivity (Wildman–Crippen MR) is 41.4 cm³/mol. The SMILES string of the molecule is C=CCSP(O)(O)=S.[Co]. The fourth-order valence-corrected chi connectivity index (χ4v) is 1.90. The maximum absolute atomic E-state index is 8.55. The molecule has 0 bridgehead atoms. The molecule has 0 atom stereocenters. The van der Waals surface area contributed by atoms with Crippen LogP contribution in [0.4, 0.5) is 0 Å². The summed E-state index contributed by atoms with van der Waals surface area (Å²) >= 11 is 5.24. The molecule has 0 spiro atoms. The van der Waals surface area contributed by atoms with E-state index >= 15 is 0 Å². The summed E-state index contributed by atoms with van der Waals surface area (Å²) in [7, 11) is 0. The van der Waals surface area contributed by atoms with Crippen LogP contribution in [0.25, 0.3) is 0 Å². The minimum Gasteiger partial charge on any atom is -0.338 e. The van der Waals surface area contributed by atoms with Crippen molar-refractivity contribution in [2.24, 2.45) is 0 Å². The third kappa shape index (κ3) is 12.4. The van der Waals surface area contributed by atoms with Gasteiger partial charge in [-0.2, -0.15) is 0 Å². The summed E-state index contributed by atoms with van der Waals surface area (Å²) in [5, 5.41) is 0. The molecule has 1 radical (unpaired) electrons. The number of rotatable bonds is 3. The number of hydrogen-bond acceptors (Lipinski definition) is 2. The van der Waals surface area contributed by atoms with Gasteiger partial charge in [0.1, 0.15) is 0 Å².